The molecule has 0 unspecified atom stereocenters. The first kappa shape index (κ1) is 19.9. The van der Waals surface area contributed by atoms with Gasteiger partial charge in [-0.1, -0.05) is 24.3 Å². The quantitative estimate of drug-likeness (QED) is 0.528. The minimum atomic E-state index is -0.366. The van der Waals surface area contributed by atoms with E-state index in [1.165, 1.54) is 0 Å². The van der Waals surface area contributed by atoms with Gasteiger partial charge in [0.15, 0.2) is 5.78 Å². The summed E-state index contributed by atoms with van der Waals surface area (Å²) in [4.78, 5) is 35.4. The van der Waals surface area contributed by atoms with Crippen LogP contribution in [0.3, 0.4) is 0 Å². The molecule has 0 radical (unpaired) electrons. The van der Waals surface area contributed by atoms with Crippen LogP contribution in [0.5, 0.6) is 0 Å². The number of anilines is 2. The summed E-state index contributed by atoms with van der Waals surface area (Å²) in [7, 11) is 0. The van der Waals surface area contributed by atoms with E-state index in [1.54, 1.807) is 42.5 Å². The van der Waals surface area contributed by atoms with Crippen LogP contribution in [0.25, 0.3) is 0 Å². The van der Waals surface area contributed by atoms with E-state index >= 15 is 0 Å². The van der Waals surface area contributed by atoms with Crippen LogP contribution < -0.4 is 10.6 Å². The maximum Gasteiger partial charge on any atom is 0.239 e. The summed E-state index contributed by atoms with van der Waals surface area (Å²) < 4.78 is 0. The van der Waals surface area contributed by atoms with E-state index in [0.717, 1.165) is 5.56 Å². The lowest BCUT2D eigenvalue weighted by molar-refractivity contribution is -0.114. The number of para-hydroxylation sites is 1. The van der Waals surface area contributed by atoms with Gasteiger partial charge in [-0.05, 0) is 36.2 Å². The van der Waals surface area contributed by atoms with Crippen LogP contribution in [0.2, 0.25) is 0 Å². The van der Waals surface area contributed by atoms with E-state index in [-0.39, 0.29) is 35.8 Å². The number of rotatable bonds is 8. The van der Waals surface area contributed by atoms with Crippen LogP contribution in [0, 0.1) is 0 Å². The molecular formula is C19H18Cl2N2O3. The highest BCUT2D eigenvalue weighted by Crippen LogP contribution is 2.19. The number of carbonyl (C=O) groups is 3. The Bertz CT molecular complexity index is 809. The Morgan fingerprint density at radius 3 is 2.27 bits per heavy atom. The summed E-state index contributed by atoms with van der Waals surface area (Å²) in [5, 5.41) is 5.30. The molecule has 2 amide bonds. The van der Waals surface area contributed by atoms with E-state index in [0.29, 0.717) is 23.4 Å². The second kappa shape index (κ2) is 9.94. The molecule has 0 bridgehead atoms. The maximum absolute atomic E-state index is 12.5. The summed E-state index contributed by atoms with van der Waals surface area (Å²) in [6.07, 6.45) is 0.766. The number of Topliss-reactive ketones (excluding diaryl/α,β-unsaturated/α-hetero) is 1. The average molecular weight is 393 g/mol. The first-order chi connectivity index (χ1) is 12.5. The van der Waals surface area contributed by atoms with Crippen LogP contribution in [0.1, 0.15) is 22.3 Å². The Hall–Kier alpha value is -2.37. The number of aryl methyl sites for hydroxylation is 1. The number of hydrogen-bond donors (Lipinski definition) is 2. The lowest BCUT2D eigenvalue weighted by atomic mass is 10.0. The Morgan fingerprint density at radius 1 is 0.846 bits per heavy atom. The lowest BCUT2D eigenvalue weighted by Gasteiger charge is -2.10. The van der Waals surface area contributed by atoms with Crippen molar-refractivity contribution >= 4 is 52.2 Å². The predicted molar refractivity (Wildman–Crippen MR) is 104 cm³/mol. The molecule has 2 N–H and O–H groups in total. The first-order valence-corrected chi connectivity index (χ1v) is 9.03. The van der Waals surface area contributed by atoms with Gasteiger partial charge >= 0.3 is 0 Å². The lowest BCUT2D eigenvalue weighted by Crippen LogP contribution is -2.15. The molecule has 2 rings (SSSR count). The van der Waals surface area contributed by atoms with Gasteiger partial charge in [0, 0.05) is 17.7 Å². The first-order valence-electron chi connectivity index (χ1n) is 7.96. The summed E-state index contributed by atoms with van der Waals surface area (Å²) in [6, 6.07) is 14.1. The minimum absolute atomic E-state index is 0.0920. The highest BCUT2D eigenvalue weighted by atomic mass is 35.5. The second-order valence-corrected chi connectivity index (χ2v) is 6.07. The number of carbonyl (C=O) groups excluding carboxylic acids is 3. The van der Waals surface area contributed by atoms with Crippen molar-refractivity contribution in [2.75, 3.05) is 22.4 Å². The molecule has 0 saturated carbocycles. The molecule has 2 aromatic rings. The molecule has 2 aromatic carbocycles. The Kier molecular flexibility index (Phi) is 7.63. The van der Waals surface area contributed by atoms with Gasteiger partial charge in [-0.2, -0.15) is 0 Å². The zero-order chi connectivity index (χ0) is 18.9. The summed E-state index contributed by atoms with van der Waals surface area (Å²) >= 11 is 11.0. The molecular weight excluding hydrogens is 375 g/mol. The van der Waals surface area contributed by atoms with E-state index in [1.807, 2.05) is 6.07 Å². The van der Waals surface area contributed by atoms with Crippen molar-refractivity contribution in [1.29, 1.82) is 0 Å². The molecule has 7 heteroatoms. The Labute approximate surface area is 161 Å². The van der Waals surface area contributed by atoms with E-state index in [2.05, 4.69) is 10.6 Å². The van der Waals surface area contributed by atoms with Crippen LogP contribution in [-0.4, -0.2) is 29.4 Å². The Morgan fingerprint density at radius 2 is 1.54 bits per heavy atom. The molecule has 0 atom stereocenters. The van der Waals surface area contributed by atoms with Crippen molar-refractivity contribution in [3.8, 4) is 0 Å². The summed E-state index contributed by atoms with van der Waals surface area (Å²) in [5.41, 5.74) is 2.44. The molecule has 0 heterocycles. The second-order valence-electron chi connectivity index (χ2n) is 5.53. The van der Waals surface area contributed by atoms with Gasteiger partial charge in [0.2, 0.25) is 11.8 Å². The fourth-order valence-corrected chi connectivity index (χ4v) is 2.54. The van der Waals surface area contributed by atoms with E-state index in [9.17, 15) is 14.4 Å². The van der Waals surface area contributed by atoms with Crippen molar-refractivity contribution in [2.45, 2.75) is 12.8 Å². The van der Waals surface area contributed by atoms with Crippen molar-refractivity contribution in [2.24, 2.45) is 0 Å². The fraction of sp³-hybridized carbons (Fsp3) is 0.211. The molecule has 0 aliphatic rings. The van der Waals surface area contributed by atoms with Crippen molar-refractivity contribution in [1.82, 2.24) is 0 Å². The highest BCUT2D eigenvalue weighted by Gasteiger charge is 2.13. The van der Waals surface area contributed by atoms with Crippen molar-refractivity contribution in [3.63, 3.8) is 0 Å². The number of hydrogen-bond acceptors (Lipinski definition) is 3. The summed E-state index contributed by atoms with van der Waals surface area (Å²) in [5.74, 6) is -1.04. The molecule has 0 spiro atoms. The largest absolute Gasteiger partial charge is 0.325 e. The number of benzene rings is 2. The van der Waals surface area contributed by atoms with Gasteiger partial charge < -0.3 is 10.6 Å². The normalized spacial score (nSPS) is 10.2. The monoisotopic (exact) mass is 392 g/mol. The standard InChI is InChI=1S/C19H18Cl2N2O3/c20-11-18(25)22-14-5-3-4-13(10-14)8-9-17(24)15-6-1-2-7-16(15)23-19(26)12-21/h1-7,10H,8-9,11-12H2,(H,22,25)(H,23,26). The third kappa shape index (κ3) is 5.86. The number of ketones is 1. The van der Waals surface area contributed by atoms with Crippen LogP contribution in [0.4, 0.5) is 11.4 Å². The topological polar surface area (TPSA) is 75.3 Å². The molecule has 26 heavy (non-hydrogen) atoms. The molecule has 0 aromatic heterocycles. The van der Waals surface area contributed by atoms with Crippen LogP contribution in [-0.2, 0) is 16.0 Å². The number of nitrogens with one attached hydrogen (secondary N) is 2. The smallest absolute Gasteiger partial charge is 0.239 e. The van der Waals surface area contributed by atoms with E-state index in [4.69, 9.17) is 23.2 Å². The maximum atomic E-state index is 12.5. The predicted octanol–water partition coefficient (Wildman–Crippen LogP) is 3.86. The highest BCUT2D eigenvalue weighted by molar-refractivity contribution is 6.29. The van der Waals surface area contributed by atoms with Crippen LogP contribution in [0.15, 0.2) is 48.5 Å². The molecule has 5 nitrogen and oxygen atoms in total. The SMILES string of the molecule is O=C(CCl)Nc1cccc(CCC(=O)c2ccccc2NC(=O)CCl)c1. The average Bonchev–Trinajstić information content (AvgIpc) is 2.66. The van der Waals surface area contributed by atoms with Gasteiger partial charge in [-0.3, -0.25) is 14.4 Å². The Balaban J connectivity index is 2.04. The zero-order valence-electron chi connectivity index (χ0n) is 13.9. The molecule has 0 fully saturated rings. The molecule has 136 valence electrons. The van der Waals surface area contributed by atoms with Gasteiger partial charge in [0.25, 0.3) is 0 Å². The zero-order valence-corrected chi connectivity index (χ0v) is 15.4. The number of amides is 2. The molecule has 0 aliphatic heterocycles. The van der Waals surface area contributed by atoms with Gasteiger partial charge in [0.1, 0.15) is 11.8 Å². The summed E-state index contributed by atoms with van der Waals surface area (Å²) in [6.45, 7) is 0. The fourth-order valence-electron chi connectivity index (χ4n) is 2.41. The minimum Gasteiger partial charge on any atom is -0.325 e. The van der Waals surface area contributed by atoms with E-state index < -0.39 is 0 Å². The number of alkyl halides is 2. The molecule has 0 saturated heterocycles. The van der Waals surface area contributed by atoms with Gasteiger partial charge in [-0.15, -0.1) is 23.2 Å². The van der Waals surface area contributed by atoms with Crippen molar-refractivity contribution < 1.29 is 14.4 Å². The third-order valence-electron chi connectivity index (χ3n) is 3.60. The third-order valence-corrected chi connectivity index (χ3v) is 4.08. The van der Waals surface area contributed by atoms with Gasteiger partial charge in [0.05, 0.1) is 5.69 Å². The molecule has 0 aliphatic carbocycles. The van der Waals surface area contributed by atoms with Crippen molar-refractivity contribution in [3.05, 3.63) is 59.7 Å². The van der Waals surface area contributed by atoms with Crippen LogP contribution >= 0.6 is 23.2 Å². The number of halogens is 2. The van der Waals surface area contributed by atoms with Gasteiger partial charge in [-0.25, -0.2) is 0 Å².